The van der Waals surface area contributed by atoms with Crippen molar-refractivity contribution in [3.63, 3.8) is 0 Å². The Labute approximate surface area is 149 Å². The topological polar surface area (TPSA) is 73.8 Å². The van der Waals surface area contributed by atoms with Crippen molar-refractivity contribution in [3.05, 3.63) is 35.4 Å². The van der Waals surface area contributed by atoms with Gasteiger partial charge in [-0.3, -0.25) is 19.5 Å². The molecule has 0 saturated heterocycles. The number of carbonyl (C=O) groups excluding carboxylic acids is 2. The second kappa shape index (κ2) is 8.68. The van der Waals surface area contributed by atoms with Crippen molar-refractivity contribution < 1.29 is 22.8 Å². The molecule has 0 aliphatic carbocycles. The van der Waals surface area contributed by atoms with E-state index in [1.807, 2.05) is 0 Å². The van der Waals surface area contributed by atoms with Crippen LogP contribution in [0.25, 0.3) is 0 Å². The number of unbranched alkanes of at least 4 members (excludes halogenated alkanes) is 1. The first-order valence-electron chi connectivity index (χ1n) is 8.30. The Morgan fingerprint density at radius 2 is 1.62 bits per heavy atom. The molecule has 1 aliphatic heterocycles. The van der Waals surface area contributed by atoms with E-state index in [1.54, 1.807) is 24.3 Å². The zero-order valence-corrected chi connectivity index (χ0v) is 14.4. The summed E-state index contributed by atoms with van der Waals surface area (Å²) in [6.45, 7) is 0.515. The highest BCUT2D eigenvalue weighted by molar-refractivity contribution is 6.21. The number of nitrogens with zero attached hydrogens (tertiary/aromatic N) is 2. The Bertz CT molecular complexity index is 654. The van der Waals surface area contributed by atoms with Crippen LogP contribution < -0.4 is 10.6 Å². The summed E-state index contributed by atoms with van der Waals surface area (Å²) in [5.74, 6) is -0.290. The molecule has 26 heavy (non-hydrogen) atoms. The van der Waals surface area contributed by atoms with Gasteiger partial charge in [0.05, 0.1) is 17.5 Å². The molecule has 0 aromatic heterocycles. The predicted octanol–water partition coefficient (Wildman–Crippen LogP) is 2.18. The normalized spacial score (nSPS) is 14.6. The average molecular weight is 370 g/mol. The minimum Gasteiger partial charge on any atom is -0.356 e. The van der Waals surface area contributed by atoms with Crippen molar-refractivity contribution in [1.29, 1.82) is 0 Å². The number of benzene rings is 1. The Morgan fingerprint density at radius 3 is 2.15 bits per heavy atom. The molecule has 1 aromatic rings. The van der Waals surface area contributed by atoms with Gasteiger partial charge in [0, 0.05) is 26.7 Å². The van der Waals surface area contributed by atoms with Gasteiger partial charge in [0.25, 0.3) is 11.8 Å². The van der Waals surface area contributed by atoms with Crippen LogP contribution in [0.2, 0.25) is 0 Å². The summed E-state index contributed by atoms with van der Waals surface area (Å²) in [6, 6.07) is 6.70. The lowest BCUT2D eigenvalue weighted by atomic mass is 10.1. The highest BCUT2D eigenvalue weighted by Gasteiger charge is 2.34. The summed E-state index contributed by atoms with van der Waals surface area (Å²) in [5, 5.41) is 5.49. The van der Waals surface area contributed by atoms with E-state index in [2.05, 4.69) is 15.6 Å². The number of rotatable bonds is 7. The third-order valence-corrected chi connectivity index (χ3v) is 3.90. The molecule has 0 atom stereocenters. The first-order chi connectivity index (χ1) is 12.3. The third-order valence-electron chi connectivity index (χ3n) is 3.90. The number of nitrogens with one attached hydrogen (secondary N) is 2. The van der Waals surface area contributed by atoms with E-state index in [4.69, 9.17) is 0 Å². The first kappa shape index (κ1) is 19.7. The Kier molecular flexibility index (Phi) is 6.59. The molecule has 1 aliphatic rings. The number of hydrogen-bond donors (Lipinski definition) is 2. The van der Waals surface area contributed by atoms with Gasteiger partial charge in [-0.15, -0.1) is 0 Å². The van der Waals surface area contributed by atoms with Crippen molar-refractivity contribution in [2.75, 3.05) is 26.7 Å². The van der Waals surface area contributed by atoms with Gasteiger partial charge in [-0.1, -0.05) is 12.1 Å². The number of guanidine groups is 1. The summed E-state index contributed by atoms with van der Waals surface area (Å²) >= 11 is 0. The Hall–Kier alpha value is -2.58. The van der Waals surface area contributed by atoms with E-state index in [0.717, 1.165) is 0 Å². The summed E-state index contributed by atoms with van der Waals surface area (Å²) < 4.78 is 36.3. The number of hydrogen-bond acceptors (Lipinski definition) is 3. The van der Waals surface area contributed by atoms with Crippen LogP contribution >= 0.6 is 0 Å². The molecule has 1 heterocycles. The van der Waals surface area contributed by atoms with E-state index >= 15 is 0 Å². The maximum atomic E-state index is 12.2. The van der Waals surface area contributed by atoms with Crippen LogP contribution in [0.3, 0.4) is 0 Å². The Balaban J connectivity index is 1.68. The molecule has 142 valence electrons. The fraction of sp³-hybridized carbons (Fsp3) is 0.471. The zero-order valence-electron chi connectivity index (χ0n) is 14.4. The highest BCUT2D eigenvalue weighted by Crippen LogP contribution is 2.22. The summed E-state index contributed by atoms with van der Waals surface area (Å²) in [7, 11) is 1.47. The molecule has 0 unspecified atom stereocenters. The van der Waals surface area contributed by atoms with Crippen LogP contribution in [0.15, 0.2) is 29.3 Å². The molecule has 1 aromatic carbocycles. The van der Waals surface area contributed by atoms with Crippen LogP contribution in [0.4, 0.5) is 13.2 Å². The average Bonchev–Trinajstić information content (AvgIpc) is 2.84. The lowest BCUT2D eigenvalue weighted by Gasteiger charge is -2.15. The molecule has 0 saturated carbocycles. The molecule has 0 radical (unpaired) electrons. The lowest BCUT2D eigenvalue weighted by Crippen LogP contribution is -2.39. The van der Waals surface area contributed by atoms with Gasteiger partial charge in [0.1, 0.15) is 0 Å². The van der Waals surface area contributed by atoms with E-state index < -0.39 is 12.6 Å². The quantitative estimate of drug-likeness (QED) is 0.334. The summed E-state index contributed by atoms with van der Waals surface area (Å²) in [5.41, 5.74) is 0.842. The molecular weight excluding hydrogens is 349 g/mol. The second-order valence-corrected chi connectivity index (χ2v) is 5.81. The molecule has 2 amide bonds. The first-order valence-corrected chi connectivity index (χ1v) is 8.30. The van der Waals surface area contributed by atoms with Gasteiger partial charge >= 0.3 is 6.18 Å². The SMILES string of the molecule is CN=C(NCCCCN1C(=O)c2ccccc2C1=O)NCCC(F)(F)F. The van der Waals surface area contributed by atoms with Crippen LogP contribution in [0.1, 0.15) is 40.0 Å². The maximum Gasteiger partial charge on any atom is 0.390 e. The van der Waals surface area contributed by atoms with Crippen molar-refractivity contribution in [2.24, 2.45) is 4.99 Å². The number of halogens is 3. The molecule has 6 nitrogen and oxygen atoms in total. The molecular formula is C17H21F3N4O2. The maximum absolute atomic E-state index is 12.2. The van der Waals surface area contributed by atoms with Crippen molar-refractivity contribution in [3.8, 4) is 0 Å². The second-order valence-electron chi connectivity index (χ2n) is 5.81. The number of alkyl halides is 3. The van der Waals surface area contributed by atoms with E-state index in [9.17, 15) is 22.8 Å². The van der Waals surface area contributed by atoms with Crippen molar-refractivity contribution >= 4 is 17.8 Å². The zero-order chi connectivity index (χ0) is 19.2. The predicted molar refractivity (Wildman–Crippen MR) is 91.1 cm³/mol. The fourth-order valence-electron chi connectivity index (χ4n) is 2.59. The van der Waals surface area contributed by atoms with Crippen LogP contribution in [-0.2, 0) is 0 Å². The van der Waals surface area contributed by atoms with Gasteiger partial charge < -0.3 is 10.6 Å². The third kappa shape index (κ3) is 5.21. The summed E-state index contributed by atoms with van der Waals surface area (Å²) in [6.07, 6.45) is -3.93. The van der Waals surface area contributed by atoms with Gasteiger partial charge in [-0.25, -0.2) is 0 Å². The van der Waals surface area contributed by atoms with E-state index in [-0.39, 0.29) is 24.3 Å². The van der Waals surface area contributed by atoms with Gasteiger partial charge in [-0.2, -0.15) is 13.2 Å². The molecule has 0 spiro atoms. The van der Waals surface area contributed by atoms with Gasteiger partial charge in [-0.05, 0) is 25.0 Å². The molecule has 0 bridgehead atoms. The number of aliphatic imine (C=N–C) groups is 1. The van der Waals surface area contributed by atoms with Gasteiger partial charge in [0.2, 0.25) is 0 Å². The number of amides is 2. The number of fused-ring (bicyclic) bond motifs is 1. The molecule has 9 heteroatoms. The fourth-order valence-corrected chi connectivity index (χ4v) is 2.59. The van der Waals surface area contributed by atoms with E-state index in [0.29, 0.717) is 37.1 Å². The minimum absolute atomic E-state index is 0.252. The van der Waals surface area contributed by atoms with Crippen LogP contribution in [0.5, 0.6) is 0 Å². The monoisotopic (exact) mass is 370 g/mol. The smallest absolute Gasteiger partial charge is 0.356 e. The van der Waals surface area contributed by atoms with Crippen LogP contribution in [0, 0.1) is 0 Å². The standard InChI is InChI=1S/C17H21F3N4O2/c1-21-16(23-10-8-17(18,19)20)22-9-4-5-11-24-14(25)12-6-2-3-7-13(12)15(24)26/h2-3,6-7H,4-5,8-11H2,1H3,(H2,21,22,23). The molecule has 0 fully saturated rings. The van der Waals surface area contributed by atoms with Crippen molar-refractivity contribution in [1.82, 2.24) is 15.5 Å². The van der Waals surface area contributed by atoms with Crippen LogP contribution in [-0.4, -0.2) is 55.5 Å². The number of imide groups is 1. The lowest BCUT2D eigenvalue weighted by molar-refractivity contribution is -0.132. The molecule has 2 rings (SSSR count). The minimum atomic E-state index is -4.21. The largest absolute Gasteiger partial charge is 0.390 e. The van der Waals surface area contributed by atoms with Gasteiger partial charge in [0.15, 0.2) is 5.96 Å². The number of carbonyl (C=O) groups is 2. The molecule has 2 N–H and O–H groups in total. The summed E-state index contributed by atoms with van der Waals surface area (Å²) in [4.78, 5) is 29.5. The highest BCUT2D eigenvalue weighted by atomic mass is 19.4. The van der Waals surface area contributed by atoms with E-state index in [1.165, 1.54) is 11.9 Å². The van der Waals surface area contributed by atoms with Crippen molar-refractivity contribution in [2.45, 2.75) is 25.4 Å². The Morgan fingerprint density at radius 1 is 1.04 bits per heavy atom.